The van der Waals surface area contributed by atoms with Crippen molar-refractivity contribution in [3.63, 3.8) is 0 Å². The fourth-order valence-electron chi connectivity index (χ4n) is 3.46. The molecule has 2 heterocycles. The van der Waals surface area contributed by atoms with E-state index in [1.165, 1.54) is 31.6 Å². The minimum absolute atomic E-state index is 0.285. The van der Waals surface area contributed by atoms with Crippen LogP contribution in [0.15, 0.2) is 24.3 Å². The normalized spacial score (nSPS) is 12.8. The summed E-state index contributed by atoms with van der Waals surface area (Å²) in [6, 6.07) is 5.28. The molecule has 0 spiro atoms. The number of rotatable bonds is 7. The molecule has 1 aromatic carbocycles. The predicted molar refractivity (Wildman–Crippen MR) is 124 cm³/mol. The Morgan fingerprint density at radius 1 is 1.15 bits per heavy atom. The predicted octanol–water partition coefficient (Wildman–Crippen LogP) is 3.72. The van der Waals surface area contributed by atoms with Crippen LogP contribution < -0.4 is 14.8 Å². The van der Waals surface area contributed by atoms with Crippen molar-refractivity contribution >= 4 is 40.4 Å². The van der Waals surface area contributed by atoms with Gasteiger partial charge in [-0.05, 0) is 42.7 Å². The lowest BCUT2D eigenvalue weighted by Gasteiger charge is -2.26. The van der Waals surface area contributed by atoms with Gasteiger partial charge in [0.15, 0.2) is 11.5 Å². The molecule has 2 amide bonds. The molecule has 0 saturated carbocycles. The van der Waals surface area contributed by atoms with E-state index in [0.717, 1.165) is 16.0 Å². The van der Waals surface area contributed by atoms with E-state index in [4.69, 9.17) is 18.9 Å². The Balaban J connectivity index is 1.80. The Labute approximate surface area is 195 Å². The number of benzene rings is 1. The second-order valence-corrected chi connectivity index (χ2v) is 8.11. The van der Waals surface area contributed by atoms with E-state index in [-0.39, 0.29) is 6.61 Å². The van der Waals surface area contributed by atoms with Gasteiger partial charge < -0.3 is 29.2 Å². The highest BCUT2D eigenvalue weighted by Gasteiger charge is 2.31. The summed E-state index contributed by atoms with van der Waals surface area (Å²) in [6.07, 6.45) is 3.06. The topological polar surface area (TPSA) is 103 Å². The molecular weight excluding hydrogens is 448 g/mol. The van der Waals surface area contributed by atoms with E-state index in [9.17, 15) is 14.4 Å². The molecule has 9 nitrogen and oxygen atoms in total. The number of hydrogen-bond acceptors (Lipinski definition) is 8. The number of esters is 1. The van der Waals surface area contributed by atoms with Crippen molar-refractivity contribution in [2.24, 2.45) is 0 Å². The summed E-state index contributed by atoms with van der Waals surface area (Å²) in [4.78, 5) is 39.6. The van der Waals surface area contributed by atoms with E-state index in [2.05, 4.69) is 5.32 Å². The van der Waals surface area contributed by atoms with Crippen LogP contribution in [-0.2, 0) is 27.2 Å². The van der Waals surface area contributed by atoms with Crippen molar-refractivity contribution in [1.29, 1.82) is 0 Å². The summed E-state index contributed by atoms with van der Waals surface area (Å²) in [5, 5.41) is 3.16. The molecule has 0 bridgehead atoms. The van der Waals surface area contributed by atoms with Crippen LogP contribution in [-0.4, -0.2) is 57.4 Å². The second-order valence-electron chi connectivity index (χ2n) is 7.01. The number of fused-ring (bicyclic) bond motifs is 1. The molecule has 1 aliphatic heterocycles. The number of carbonyl (C=O) groups excluding carboxylic acids is 3. The Kier molecular flexibility index (Phi) is 7.94. The van der Waals surface area contributed by atoms with Gasteiger partial charge in [0.05, 0.1) is 40.0 Å². The lowest BCUT2D eigenvalue weighted by molar-refractivity contribution is -0.111. The van der Waals surface area contributed by atoms with Crippen LogP contribution in [0.2, 0.25) is 0 Å². The van der Waals surface area contributed by atoms with Gasteiger partial charge in [-0.2, -0.15) is 0 Å². The number of nitrogens with one attached hydrogen (secondary N) is 1. The third-order valence-corrected chi connectivity index (χ3v) is 6.18. The van der Waals surface area contributed by atoms with Crippen molar-refractivity contribution in [2.75, 3.05) is 39.8 Å². The van der Waals surface area contributed by atoms with Crippen LogP contribution in [0, 0.1) is 0 Å². The highest BCUT2D eigenvalue weighted by atomic mass is 32.1. The SMILES string of the molecule is CCOC(=O)N1CCc2c(sc(NC(=O)/C=C/c3ccc(OC)c(OC)c3)c2C(=O)OC)C1. The van der Waals surface area contributed by atoms with Crippen molar-refractivity contribution in [3.05, 3.63) is 45.8 Å². The molecule has 0 unspecified atom stereocenters. The van der Waals surface area contributed by atoms with Gasteiger partial charge >= 0.3 is 12.1 Å². The second kappa shape index (κ2) is 10.9. The molecule has 33 heavy (non-hydrogen) atoms. The number of nitrogens with zero attached hydrogens (tertiary/aromatic N) is 1. The first-order chi connectivity index (χ1) is 15.9. The Bertz CT molecular complexity index is 1080. The van der Waals surface area contributed by atoms with Crippen molar-refractivity contribution in [2.45, 2.75) is 19.9 Å². The first kappa shape index (κ1) is 24.1. The summed E-state index contributed by atoms with van der Waals surface area (Å²) in [5.74, 6) is 0.194. The zero-order valence-electron chi connectivity index (χ0n) is 18.9. The zero-order valence-corrected chi connectivity index (χ0v) is 19.7. The number of hydrogen-bond donors (Lipinski definition) is 1. The van der Waals surface area contributed by atoms with Crippen LogP contribution in [0.3, 0.4) is 0 Å². The summed E-state index contributed by atoms with van der Waals surface area (Å²) < 4.78 is 20.5. The van der Waals surface area contributed by atoms with E-state index in [1.807, 2.05) is 0 Å². The van der Waals surface area contributed by atoms with Gasteiger partial charge in [-0.1, -0.05) is 6.07 Å². The minimum Gasteiger partial charge on any atom is -0.493 e. The molecule has 0 radical (unpaired) electrons. The maximum atomic E-state index is 12.6. The van der Waals surface area contributed by atoms with Crippen molar-refractivity contribution in [3.8, 4) is 11.5 Å². The average Bonchev–Trinajstić information content (AvgIpc) is 3.18. The van der Waals surface area contributed by atoms with Crippen LogP contribution in [0.25, 0.3) is 6.08 Å². The molecule has 2 aromatic rings. The Morgan fingerprint density at radius 3 is 2.58 bits per heavy atom. The summed E-state index contributed by atoms with van der Waals surface area (Å²) >= 11 is 1.25. The number of methoxy groups -OCH3 is 3. The standard InChI is InChI=1S/C23H26N2O7S/c1-5-32-23(28)25-11-10-15-18(13-25)33-21(20(15)22(27)31-4)24-19(26)9-7-14-6-8-16(29-2)17(12-14)30-3/h6-9,12H,5,10-11,13H2,1-4H3,(H,24,26)/b9-7+. The fourth-order valence-corrected chi connectivity index (χ4v) is 4.72. The number of amides is 2. The van der Waals surface area contributed by atoms with Gasteiger partial charge in [-0.3, -0.25) is 4.79 Å². The number of thiophene rings is 1. The molecule has 0 fully saturated rings. The summed E-state index contributed by atoms with van der Waals surface area (Å²) in [5.41, 5.74) is 1.85. The van der Waals surface area contributed by atoms with Gasteiger partial charge in [-0.25, -0.2) is 9.59 Å². The monoisotopic (exact) mass is 474 g/mol. The highest BCUT2D eigenvalue weighted by molar-refractivity contribution is 7.17. The lowest BCUT2D eigenvalue weighted by atomic mass is 10.0. The largest absolute Gasteiger partial charge is 0.493 e. The van der Waals surface area contributed by atoms with E-state index < -0.39 is 18.0 Å². The smallest absolute Gasteiger partial charge is 0.410 e. The van der Waals surface area contributed by atoms with E-state index >= 15 is 0 Å². The molecule has 176 valence electrons. The summed E-state index contributed by atoms with van der Waals surface area (Å²) in [7, 11) is 4.38. The average molecular weight is 475 g/mol. The zero-order chi connectivity index (χ0) is 24.0. The molecule has 0 atom stereocenters. The first-order valence-electron chi connectivity index (χ1n) is 10.3. The first-order valence-corrected chi connectivity index (χ1v) is 11.1. The van der Waals surface area contributed by atoms with E-state index in [0.29, 0.717) is 41.6 Å². The third-order valence-electron chi connectivity index (χ3n) is 5.04. The number of anilines is 1. The quantitative estimate of drug-likeness (QED) is 0.482. The van der Waals surface area contributed by atoms with Gasteiger partial charge in [0.2, 0.25) is 5.91 Å². The minimum atomic E-state index is -0.531. The van der Waals surface area contributed by atoms with Crippen LogP contribution in [0.5, 0.6) is 11.5 Å². The maximum absolute atomic E-state index is 12.6. The van der Waals surface area contributed by atoms with Gasteiger partial charge in [0.25, 0.3) is 0 Å². The number of ether oxygens (including phenoxy) is 4. The van der Waals surface area contributed by atoms with Crippen LogP contribution in [0.4, 0.5) is 9.80 Å². The maximum Gasteiger partial charge on any atom is 0.410 e. The molecule has 1 aliphatic rings. The molecule has 1 N–H and O–H groups in total. The summed E-state index contributed by atoms with van der Waals surface area (Å²) in [6.45, 7) is 2.75. The van der Waals surface area contributed by atoms with Gasteiger partial charge in [0.1, 0.15) is 5.00 Å². The van der Waals surface area contributed by atoms with Crippen LogP contribution in [0.1, 0.15) is 33.3 Å². The third kappa shape index (κ3) is 5.46. The molecule has 10 heteroatoms. The van der Waals surface area contributed by atoms with Crippen molar-refractivity contribution in [1.82, 2.24) is 4.90 Å². The van der Waals surface area contributed by atoms with Crippen LogP contribution >= 0.6 is 11.3 Å². The molecule has 0 saturated heterocycles. The van der Waals surface area contributed by atoms with Crippen molar-refractivity contribution < 1.29 is 33.3 Å². The van der Waals surface area contributed by atoms with E-state index in [1.54, 1.807) is 43.2 Å². The highest BCUT2D eigenvalue weighted by Crippen LogP contribution is 2.38. The molecule has 1 aromatic heterocycles. The Morgan fingerprint density at radius 2 is 1.91 bits per heavy atom. The molecule has 3 rings (SSSR count). The molecular formula is C23H26N2O7S. The molecule has 0 aliphatic carbocycles. The van der Waals surface area contributed by atoms with Gasteiger partial charge in [0, 0.05) is 17.5 Å². The fraction of sp³-hybridized carbons (Fsp3) is 0.348. The number of carbonyl (C=O) groups is 3. The van der Waals surface area contributed by atoms with Gasteiger partial charge in [-0.15, -0.1) is 11.3 Å². The Hall–Kier alpha value is -3.53. The lowest BCUT2D eigenvalue weighted by Crippen LogP contribution is -2.36.